The van der Waals surface area contributed by atoms with Gasteiger partial charge in [0.1, 0.15) is 5.82 Å². The first-order valence-corrected chi connectivity index (χ1v) is 8.17. The second kappa shape index (κ2) is 7.02. The van der Waals surface area contributed by atoms with Gasteiger partial charge in [-0.3, -0.25) is 4.68 Å². The number of rotatable bonds is 6. The van der Waals surface area contributed by atoms with Crippen molar-refractivity contribution >= 4 is 15.9 Å². The third-order valence-electron chi connectivity index (χ3n) is 3.56. The highest BCUT2D eigenvalue weighted by molar-refractivity contribution is 9.09. The fourth-order valence-corrected chi connectivity index (χ4v) is 2.98. The Morgan fingerprint density at radius 3 is 2.50 bits per heavy atom. The van der Waals surface area contributed by atoms with Gasteiger partial charge in [0, 0.05) is 17.6 Å². The molecule has 1 aromatic carbocycles. The van der Waals surface area contributed by atoms with E-state index in [1.807, 2.05) is 12.1 Å². The maximum absolute atomic E-state index is 13.0. The van der Waals surface area contributed by atoms with Crippen LogP contribution in [0.4, 0.5) is 4.39 Å². The average molecular weight is 339 g/mol. The van der Waals surface area contributed by atoms with E-state index in [1.165, 1.54) is 17.8 Å². The first-order chi connectivity index (χ1) is 9.67. The molecule has 20 heavy (non-hydrogen) atoms. The fraction of sp³-hybridized carbons (Fsp3) is 0.438. The van der Waals surface area contributed by atoms with Crippen molar-refractivity contribution in [2.24, 2.45) is 0 Å². The molecule has 1 heterocycles. The van der Waals surface area contributed by atoms with Gasteiger partial charge in [-0.05, 0) is 49.4 Å². The molecule has 2 aromatic rings. The predicted octanol–water partition coefficient (Wildman–Crippen LogP) is 4.33. The smallest absolute Gasteiger partial charge is 0.123 e. The van der Waals surface area contributed by atoms with E-state index in [4.69, 9.17) is 0 Å². The van der Waals surface area contributed by atoms with Gasteiger partial charge in [0.25, 0.3) is 0 Å². The summed E-state index contributed by atoms with van der Waals surface area (Å²) in [5.41, 5.74) is 3.54. The Bertz CT molecular complexity index is 548. The summed E-state index contributed by atoms with van der Waals surface area (Å²) in [4.78, 5) is 0. The lowest BCUT2D eigenvalue weighted by atomic mass is 9.96. The molecule has 0 N–H and O–H groups in total. The Hall–Kier alpha value is -1.16. The molecule has 0 aliphatic rings. The normalized spacial score (nSPS) is 12.6. The van der Waals surface area contributed by atoms with Crippen LogP contribution in [0.3, 0.4) is 0 Å². The van der Waals surface area contributed by atoms with E-state index >= 15 is 0 Å². The van der Waals surface area contributed by atoms with Crippen LogP contribution < -0.4 is 0 Å². The lowest BCUT2D eigenvalue weighted by molar-refractivity contribution is 0.593. The average Bonchev–Trinajstić information content (AvgIpc) is 2.88. The number of aromatic nitrogens is 2. The van der Waals surface area contributed by atoms with Crippen molar-refractivity contribution in [1.82, 2.24) is 9.78 Å². The minimum Gasteiger partial charge on any atom is -0.270 e. The first kappa shape index (κ1) is 15.2. The van der Waals surface area contributed by atoms with Crippen LogP contribution in [0.15, 0.2) is 30.3 Å². The Morgan fingerprint density at radius 2 is 1.95 bits per heavy atom. The van der Waals surface area contributed by atoms with Gasteiger partial charge >= 0.3 is 0 Å². The highest BCUT2D eigenvalue weighted by Crippen LogP contribution is 2.24. The molecular weight excluding hydrogens is 319 g/mol. The van der Waals surface area contributed by atoms with Crippen molar-refractivity contribution in [3.8, 4) is 0 Å². The molecule has 2 nitrogen and oxygen atoms in total. The summed E-state index contributed by atoms with van der Waals surface area (Å²) >= 11 is 3.58. The topological polar surface area (TPSA) is 17.8 Å². The fourth-order valence-electron chi connectivity index (χ4n) is 2.37. The third kappa shape index (κ3) is 3.48. The summed E-state index contributed by atoms with van der Waals surface area (Å²) in [7, 11) is 0. The largest absolute Gasteiger partial charge is 0.270 e. The van der Waals surface area contributed by atoms with Crippen molar-refractivity contribution in [2.45, 2.75) is 39.2 Å². The van der Waals surface area contributed by atoms with Crippen LogP contribution in [0.5, 0.6) is 0 Å². The molecule has 0 aliphatic carbocycles. The number of benzene rings is 1. The zero-order chi connectivity index (χ0) is 14.5. The molecule has 0 radical (unpaired) electrons. The second-order valence-electron chi connectivity index (χ2n) is 4.90. The molecule has 0 spiro atoms. The number of hydrogen-bond donors (Lipinski definition) is 0. The maximum Gasteiger partial charge on any atom is 0.123 e. The predicted molar refractivity (Wildman–Crippen MR) is 83.9 cm³/mol. The lowest BCUT2D eigenvalue weighted by Gasteiger charge is -2.15. The van der Waals surface area contributed by atoms with E-state index < -0.39 is 0 Å². The molecule has 1 unspecified atom stereocenters. The van der Waals surface area contributed by atoms with Crippen LogP contribution in [-0.4, -0.2) is 15.1 Å². The molecule has 2 rings (SSSR count). The van der Waals surface area contributed by atoms with Crippen molar-refractivity contribution in [3.63, 3.8) is 0 Å². The van der Waals surface area contributed by atoms with E-state index in [1.54, 1.807) is 0 Å². The molecule has 108 valence electrons. The molecule has 0 amide bonds. The Labute approximate surface area is 128 Å². The summed E-state index contributed by atoms with van der Waals surface area (Å²) in [6, 6.07) is 8.98. The van der Waals surface area contributed by atoms with E-state index in [0.29, 0.717) is 5.92 Å². The van der Waals surface area contributed by atoms with Gasteiger partial charge in [-0.2, -0.15) is 5.10 Å². The number of hydrogen-bond acceptors (Lipinski definition) is 1. The summed E-state index contributed by atoms with van der Waals surface area (Å²) in [6.07, 6.45) is 1.87. The van der Waals surface area contributed by atoms with Crippen LogP contribution in [0.2, 0.25) is 0 Å². The molecule has 0 bridgehead atoms. The molecule has 1 atom stereocenters. The Morgan fingerprint density at radius 1 is 1.25 bits per heavy atom. The van der Waals surface area contributed by atoms with Crippen LogP contribution in [0.25, 0.3) is 0 Å². The van der Waals surface area contributed by atoms with Crippen molar-refractivity contribution < 1.29 is 4.39 Å². The number of aryl methyl sites for hydroxylation is 2. The SMILES string of the molecule is CCc1cc(CC(CBr)c2ccc(F)cc2)n(CC)n1. The minimum atomic E-state index is -0.186. The number of nitrogens with zero attached hydrogens (tertiary/aromatic N) is 2. The zero-order valence-corrected chi connectivity index (χ0v) is 13.5. The van der Waals surface area contributed by atoms with Gasteiger partial charge in [0.05, 0.1) is 5.69 Å². The number of halogens is 2. The third-order valence-corrected chi connectivity index (χ3v) is 4.34. The molecule has 4 heteroatoms. The highest BCUT2D eigenvalue weighted by atomic mass is 79.9. The Kier molecular flexibility index (Phi) is 5.35. The second-order valence-corrected chi connectivity index (χ2v) is 5.55. The quantitative estimate of drug-likeness (QED) is 0.717. The summed E-state index contributed by atoms with van der Waals surface area (Å²) < 4.78 is 15.1. The number of alkyl halides is 1. The van der Waals surface area contributed by atoms with Crippen molar-refractivity contribution in [3.05, 3.63) is 53.1 Å². The van der Waals surface area contributed by atoms with E-state index in [-0.39, 0.29) is 5.82 Å². The van der Waals surface area contributed by atoms with E-state index in [9.17, 15) is 4.39 Å². The molecular formula is C16H20BrFN2. The van der Waals surface area contributed by atoms with Crippen molar-refractivity contribution in [1.29, 1.82) is 0 Å². The zero-order valence-electron chi connectivity index (χ0n) is 11.9. The maximum atomic E-state index is 13.0. The van der Waals surface area contributed by atoms with Gasteiger partial charge in [-0.1, -0.05) is 35.0 Å². The van der Waals surface area contributed by atoms with Gasteiger partial charge in [0.2, 0.25) is 0 Å². The molecule has 0 saturated heterocycles. The summed E-state index contributed by atoms with van der Waals surface area (Å²) in [6.45, 7) is 5.11. The highest BCUT2D eigenvalue weighted by Gasteiger charge is 2.15. The van der Waals surface area contributed by atoms with Crippen LogP contribution in [0, 0.1) is 5.82 Å². The van der Waals surface area contributed by atoms with Crippen LogP contribution >= 0.6 is 15.9 Å². The lowest BCUT2D eigenvalue weighted by Crippen LogP contribution is -2.10. The standard InChI is InChI=1S/C16H20BrFN2/c1-3-15-10-16(20(4-2)19-15)9-13(11-17)12-5-7-14(18)8-6-12/h5-8,10,13H,3-4,9,11H2,1-2H3. The molecule has 0 saturated carbocycles. The molecule has 0 aliphatic heterocycles. The Balaban J connectivity index is 2.21. The van der Waals surface area contributed by atoms with Gasteiger partial charge in [-0.15, -0.1) is 0 Å². The summed E-state index contributed by atoms with van der Waals surface area (Å²) in [5.74, 6) is 0.149. The first-order valence-electron chi connectivity index (χ1n) is 7.04. The minimum absolute atomic E-state index is 0.186. The van der Waals surface area contributed by atoms with E-state index in [2.05, 4.69) is 45.6 Å². The van der Waals surface area contributed by atoms with Crippen LogP contribution in [0.1, 0.15) is 36.7 Å². The summed E-state index contributed by atoms with van der Waals surface area (Å²) in [5, 5.41) is 5.44. The van der Waals surface area contributed by atoms with Crippen molar-refractivity contribution in [2.75, 3.05) is 5.33 Å². The molecule has 1 aromatic heterocycles. The monoisotopic (exact) mass is 338 g/mol. The van der Waals surface area contributed by atoms with E-state index in [0.717, 1.165) is 36.0 Å². The van der Waals surface area contributed by atoms with Crippen LogP contribution in [-0.2, 0) is 19.4 Å². The van der Waals surface area contributed by atoms with Gasteiger partial charge in [0.15, 0.2) is 0 Å². The molecule has 0 fully saturated rings. The van der Waals surface area contributed by atoms with Gasteiger partial charge in [-0.25, -0.2) is 4.39 Å². The van der Waals surface area contributed by atoms with Gasteiger partial charge < -0.3 is 0 Å².